The Hall–Kier alpha value is -4.55. The highest BCUT2D eigenvalue weighted by atomic mass is 19.4. The number of carbonyl (C=O) groups excluding carboxylic acids is 2. The third-order valence-corrected chi connectivity index (χ3v) is 5.95. The minimum atomic E-state index is -4.66. The predicted molar refractivity (Wildman–Crippen MR) is 123 cm³/mol. The van der Waals surface area contributed by atoms with Crippen molar-refractivity contribution in [3.63, 3.8) is 0 Å². The van der Waals surface area contributed by atoms with Gasteiger partial charge in [0.2, 0.25) is 5.82 Å². The smallest absolute Gasteiger partial charge is 0.398 e. The largest absolute Gasteiger partial charge is 0.451 e. The summed E-state index contributed by atoms with van der Waals surface area (Å²) in [4.78, 5) is 34.8. The normalized spacial score (nSPS) is 13.5. The van der Waals surface area contributed by atoms with Gasteiger partial charge in [0.05, 0.1) is 6.54 Å². The number of benzene rings is 1. The molecule has 1 aliphatic rings. The molecule has 3 aromatic heterocycles. The summed E-state index contributed by atoms with van der Waals surface area (Å²) in [5, 5.41) is 10.5. The van der Waals surface area contributed by atoms with E-state index in [4.69, 9.17) is 5.73 Å². The monoisotopic (exact) mass is 496 g/mol. The Bertz CT molecular complexity index is 1520. The summed E-state index contributed by atoms with van der Waals surface area (Å²) in [6.45, 7) is 1.40. The highest BCUT2D eigenvalue weighted by molar-refractivity contribution is 6.39. The molecule has 2 amide bonds. The number of alkyl halides is 3. The number of aryl methyl sites for hydroxylation is 1. The number of pyridine rings is 2. The average Bonchev–Trinajstić information content (AvgIpc) is 3.27. The van der Waals surface area contributed by atoms with Crippen LogP contribution < -0.4 is 11.1 Å². The summed E-state index contributed by atoms with van der Waals surface area (Å²) < 4.78 is 40.0. The Balaban J connectivity index is 1.35. The van der Waals surface area contributed by atoms with Gasteiger partial charge in [-0.1, -0.05) is 0 Å². The van der Waals surface area contributed by atoms with Gasteiger partial charge in [-0.25, -0.2) is 4.98 Å². The molecule has 184 valence electrons. The lowest BCUT2D eigenvalue weighted by Crippen LogP contribution is -2.44. The Morgan fingerprint density at radius 2 is 1.92 bits per heavy atom. The van der Waals surface area contributed by atoms with Crippen LogP contribution in [-0.4, -0.2) is 48.0 Å². The van der Waals surface area contributed by atoms with Crippen molar-refractivity contribution in [1.29, 1.82) is 0 Å². The molecular weight excluding hydrogens is 477 g/mol. The van der Waals surface area contributed by atoms with Crippen LogP contribution in [0.2, 0.25) is 0 Å². The van der Waals surface area contributed by atoms with Crippen LogP contribution in [0.1, 0.15) is 17.2 Å². The van der Waals surface area contributed by atoms with Crippen molar-refractivity contribution in [3.8, 4) is 11.1 Å². The number of carbonyl (C=O) groups is 2. The molecule has 4 aromatic rings. The number of anilines is 2. The number of rotatable bonds is 2. The molecule has 4 heterocycles. The van der Waals surface area contributed by atoms with Crippen molar-refractivity contribution in [3.05, 3.63) is 60.1 Å². The lowest BCUT2D eigenvalue weighted by Gasteiger charge is -2.27. The third-order valence-electron chi connectivity index (χ3n) is 5.95. The molecule has 13 heteroatoms. The molecule has 0 spiro atoms. The molecule has 0 atom stereocenters. The molecule has 0 bridgehead atoms. The van der Waals surface area contributed by atoms with Crippen molar-refractivity contribution >= 4 is 34.1 Å². The van der Waals surface area contributed by atoms with Gasteiger partial charge in [-0.2, -0.15) is 13.2 Å². The number of fused-ring (bicyclic) bond motifs is 2. The lowest BCUT2D eigenvalue weighted by atomic mass is 9.99. The fourth-order valence-electron chi connectivity index (χ4n) is 4.13. The number of nitrogen functional groups attached to an aromatic ring is 1. The zero-order valence-corrected chi connectivity index (χ0v) is 18.9. The third kappa shape index (κ3) is 4.19. The number of hydrogen-bond acceptors (Lipinski definition) is 7. The first-order valence-electron chi connectivity index (χ1n) is 10.8. The minimum Gasteiger partial charge on any atom is -0.398 e. The van der Waals surface area contributed by atoms with Crippen molar-refractivity contribution in [1.82, 2.24) is 29.6 Å². The number of nitrogens with two attached hydrogens (primary N) is 1. The molecule has 3 N–H and O–H groups in total. The quantitative estimate of drug-likeness (QED) is 0.322. The zero-order chi connectivity index (χ0) is 25.6. The average molecular weight is 496 g/mol. The first-order valence-corrected chi connectivity index (χ1v) is 10.8. The second-order valence-corrected chi connectivity index (χ2v) is 8.32. The second-order valence-electron chi connectivity index (χ2n) is 8.32. The highest BCUT2D eigenvalue weighted by Gasteiger charge is 2.40. The SMILES string of the molecule is Cc1ccncc1-c1cc(N)c2cnc(NC(=O)C(=O)N3CCn4c(nnc4C(F)(F)F)C3)cc2c1. The van der Waals surface area contributed by atoms with E-state index in [-0.39, 0.29) is 31.3 Å². The summed E-state index contributed by atoms with van der Waals surface area (Å²) in [6.07, 6.45) is 0.261. The number of hydrogen-bond donors (Lipinski definition) is 2. The fraction of sp³-hybridized carbons (Fsp3) is 0.217. The molecular formula is C23H19F3N8O2. The molecule has 0 saturated heterocycles. The van der Waals surface area contributed by atoms with E-state index in [9.17, 15) is 22.8 Å². The van der Waals surface area contributed by atoms with Gasteiger partial charge in [-0.3, -0.25) is 14.6 Å². The summed E-state index contributed by atoms with van der Waals surface area (Å²) >= 11 is 0. The first kappa shape index (κ1) is 23.2. The van der Waals surface area contributed by atoms with Gasteiger partial charge >= 0.3 is 18.0 Å². The van der Waals surface area contributed by atoms with Gasteiger partial charge in [0.1, 0.15) is 5.82 Å². The standard InChI is InChI=1S/C23H19F3N8O2/c1-12-2-3-28-9-15(12)13-6-14-8-18(29-10-16(14)17(27)7-13)30-20(35)21(36)33-4-5-34-19(11-33)31-32-22(34)23(24,25)26/h2-3,6-10H,4-5,11,27H2,1H3,(H,29,30,35). The van der Waals surface area contributed by atoms with Crippen LogP contribution >= 0.6 is 0 Å². The van der Waals surface area contributed by atoms with E-state index in [2.05, 4.69) is 25.5 Å². The Labute approximate surface area is 202 Å². The van der Waals surface area contributed by atoms with Gasteiger partial charge in [-0.05, 0) is 47.7 Å². The Kier molecular flexibility index (Phi) is 5.54. The van der Waals surface area contributed by atoms with E-state index in [1.807, 2.05) is 25.1 Å². The Morgan fingerprint density at radius 3 is 2.67 bits per heavy atom. The molecule has 5 rings (SSSR count). The summed E-state index contributed by atoms with van der Waals surface area (Å²) in [6, 6.07) is 7.17. The fourth-order valence-corrected chi connectivity index (χ4v) is 4.13. The molecule has 0 saturated carbocycles. The Morgan fingerprint density at radius 1 is 1.11 bits per heavy atom. The summed E-state index contributed by atoms with van der Waals surface area (Å²) in [5.41, 5.74) is 9.45. The van der Waals surface area contributed by atoms with Crippen molar-refractivity contribution < 1.29 is 22.8 Å². The molecule has 0 unspecified atom stereocenters. The molecule has 0 fully saturated rings. The van der Waals surface area contributed by atoms with Gasteiger partial charge in [0.25, 0.3) is 0 Å². The highest BCUT2D eigenvalue weighted by Crippen LogP contribution is 2.32. The molecule has 1 aromatic carbocycles. The van der Waals surface area contributed by atoms with Gasteiger partial charge < -0.3 is 20.5 Å². The van der Waals surface area contributed by atoms with Crippen LogP contribution in [0.15, 0.2) is 42.9 Å². The maximum absolute atomic E-state index is 13.0. The van der Waals surface area contributed by atoms with Crippen LogP contribution in [0.4, 0.5) is 24.7 Å². The molecule has 0 aliphatic carbocycles. The van der Waals surface area contributed by atoms with E-state index in [1.165, 1.54) is 6.20 Å². The first-order chi connectivity index (χ1) is 17.1. The van der Waals surface area contributed by atoms with Crippen LogP contribution in [-0.2, 0) is 28.9 Å². The predicted octanol–water partition coefficient (Wildman–Crippen LogP) is 2.78. The van der Waals surface area contributed by atoms with Gasteiger partial charge in [0, 0.05) is 48.3 Å². The lowest BCUT2D eigenvalue weighted by molar-refractivity contribution is -0.149. The maximum Gasteiger partial charge on any atom is 0.451 e. The zero-order valence-electron chi connectivity index (χ0n) is 18.9. The summed E-state index contributed by atoms with van der Waals surface area (Å²) in [7, 11) is 0. The van der Waals surface area contributed by atoms with E-state index in [0.29, 0.717) is 16.5 Å². The van der Waals surface area contributed by atoms with E-state index in [1.54, 1.807) is 18.5 Å². The molecule has 1 aliphatic heterocycles. The van der Waals surface area contributed by atoms with E-state index in [0.717, 1.165) is 26.2 Å². The molecule has 10 nitrogen and oxygen atoms in total. The number of halogens is 3. The van der Waals surface area contributed by atoms with Crippen LogP contribution in [0, 0.1) is 6.92 Å². The molecule has 36 heavy (non-hydrogen) atoms. The summed E-state index contributed by atoms with van der Waals surface area (Å²) in [5.74, 6) is -2.95. The van der Waals surface area contributed by atoms with Crippen LogP contribution in [0.3, 0.4) is 0 Å². The van der Waals surface area contributed by atoms with Crippen LogP contribution in [0.5, 0.6) is 0 Å². The van der Waals surface area contributed by atoms with E-state index < -0.39 is 23.8 Å². The minimum absolute atomic E-state index is 0.0488. The van der Waals surface area contributed by atoms with Gasteiger partial charge in [-0.15, -0.1) is 10.2 Å². The van der Waals surface area contributed by atoms with Crippen molar-refractivity contribution in [2.75, 3.05) is 17.6 Å². The number of nitrogens with zero attached hydrogens (tertiary/aromatic N) is 6. The van der Waals surface area contributed by atoms with E-state index >= 15 is 0 Å². The number of amides is 2. The number of aromatic nitrogens is 5. The van der Waals surface area contributed by atoms with Crippen molar-refractivity contribution in [2.45, 2.75) is 26.2 Å². The van der Waals surface area contributed by atoms with Gasteiger partial charge in [0.15, 0.2) is 5.82 Å². The second kappa shape index (κ2) is 8.59. The number of nitrogens with one attached hydrogen (secondary N) is 1. The maximum atomic E-state index is 13.0. The topological polar surface area (TPSA) is 132 Å². The molecule has 0 radical (unpaired) electrons. The van der Waals surface area contributed by atoms with Crippen molar-refractivity contribution in [2.24, 2.45) is 0 Å². The van der Waals surface area contributed by atoms with Crippen LogP contribution in [0.25, 0.3) is 21.9 Å².